The maximum atomic E-state index is 6.12. The number of hydrogen-bond acceptors (Lipinski definition) is 3. The van der Waals surface area contributed by atoms with E-state index in [4.69, 9.17) is 39.8 Å². The van der Waals surface area contributed by atoms with Gasteiger partial charge >= 0.3 is 0 Å². The summed E-state index contributed by atoms with van der Waals surface area (Å²) < 4.78 is 0. The van der Waals surface area contributed by atoms with E-state index in [0.29, 0.717) is 26.7 Å². The first kappa shape index (κ1) is 19.7. The lowest BCUT2D eigenvalue weighted by Gasteiger charge is -2.12. The summed E-state index contributed by atoms with van der Waals surface area (Å²) >= 11 is 18.1. The molecule has 136 valence electrons. The molecule has 0 aliphatic heterocycles. The molecule has 4 rings (SSSR count). The van der Waals surface area contributed by atoms with E-state index >= 15 is 0 Å². The number of benzene rings is 3. The normalized spacial score (nSPS) is 10.5. The molecule has 0 unspecified atom stereocenters. The van der Waals surface area contributed by atoms with Crippen LogP contribution in [-0.4, -0.2) is 9.97 Å². The molecule has 4 aromatic rings. The lowest BCUT2D eigenvalue weighted by atomic mass is 10.2. The number of fused-ring (bicyclic) bond motifs is 1. The zero-order valence-electron chi connectivity index (χ0n) is 13.8. The number of hydrogen-bond donors (Lipinski definition) is 1. The standard InChI is InChI=1S/C20H12Cl3N3.ClH/c21-13-7-5-12(6-8-13)19-25-18-4-2-1-3-15(18)20(26-19)24-14-9-10-16(22)17(23)11-14;/h1-11H,(H,24,25,26);1H. The quantitative estimate of drug-likeness (QED) is 0.363. The van der Waals surface area contributed by atoms with E-state index < -0.39 is 0 Å². The SMILES string of the molecule is Cl.Clc1ccc(-c2nc(Nc3ccc(Cl)c(Cl)c3)c3ccccc3n2)cc1. The van der Waals surface area contributed by atoms with Gasteiger partial charge in [0.05, 0.1) is 15.6 Å². The van der Waals surface area contributed by atoms with Crippen molar-refractivity contribution in [3.05, 3.63) is 81.8 Å². The molecule has 0 saturated carbocycles. The second kappa shape index (κ2) is 8.32. The number of para-hydroxylation sites is 1. The molecule has 27 heavy (non-hydrogen) atoms. The van der Waals surface area contributed by atoms with Crippen LogP contribution in [0.3, 0.4) is 0 Å². The van der Waals surface area contributed by atoms with E-state index in [9.17, 15) is 0 Å². The minimum Gasteiger partial charge on any atom is -0.340 e. The first-order valence-corrected chi connectivity index (χ1v) is 8.98. The molecule has 0 fully saturated rings. The van der Waals surface area contributed by atoms with Crippen LogP contribution in [0.25, 0.3) is 22.3 Å². The fourth-order valence-corrected chi connectivity index (χ4v) is 3.03. The van der Waals surface area contributed by atoms with Gasteiger partial charge in [0.25, 0.3) is 0 Å². The van der Waals surface area contributed by atoms with Crippen molar-refractivity contribution in [1.82, 2.24) is 9.97 Å². The largest absolute Gasteiger partial charge is 0.340 e. The maximum Gasteiger partial charge on any atom is 0.162 e. The molecule has 0 spiro atoms. The number of rotatable bonds is 3. The van der Waals surface area contributed by atoms with Gasteiger partial charge in [-0.05, 0) is 54.6 Å². The molecule has 0 amide bonds. The van der Waals surface area contributed by atoms with Crippen molar-refractivity contribution in [3.8, 4) is 11.4 Å². The van der Waals surface area contributed by atoms with E-state index in [0.717, 1.165) is 22.2 Å². The van der Waals surface area contributed by atoms with E-state index in [-0.39, 0.29) is 12.4 Å². The predicted octanol–water partition coefficient (Wildman–Crippen LogP) is 7.42. The zero-order chi connectivity index (χ0) is 18.1. The van der Waals surface area contributed by atoms with Crippen LogP contribution in [0.5, 0.6) is 0 Å². The first-order valence-electron chi connectivity index (χ1n) is 7.85. The monoisotopic (exact) mass is 435 g/mol. The van der Waals surface area contributed by atoms with E-state index in [1.165, 1.54) is 0 Å². The molecule has 0 atom stereocenters. The lowest BCUT2D eigenvalue weighted by molar-refractivity contribution is 1.22. The Morgan fingerprint density at radius 1 is 0.741 bits per heavy atom. The Kier molecular flexibility index (Phi) is 6.08. The van der Waals surface area contributed by atoms with Gasteiger partial charge in [-0.25, -0.2) is 9.97 Å². The number of nitrogens with one attached hydrogen (secondary N) is 1. The molecule has 3 aromatic carbocycles. The minimum absolute atomic E-state index is 0. The highest BCUT2D eigenvalue weighted by atomic mass is 35.5. The van der Waals surface area contributed by atoms with E-state index in [2.05, 4.69) is 10.3 Å². The van der Waals surface area contributed by atoms with Crippen LogP contribution in [-0.2, 0) is 0 Å². The molecular formula is C20H13Cl4N3. The van der Waals surface area contributed by atoms with Crippen molar-refractivity contribution in [2.24, 2.45) is 0 Å². The Hall–Kier alpha value is -2.04. The summed E-state index contributed by atoms with van der Waals surface area (Å²) in [6.45, 7) is 0. The summed E-state index contributed by atoms with van der Waals surface area (Å²) in [4.78, 5) is 9.37. The summed E-state index contributed by atoms with van der Waals surface area (Å²) in [7, 11) is 0. The van der Waals surface area contributed by atoms with Gasteiger partial charge in [0.2, 0.25) is 0 Å². The summed E-state index contributed by atoms with van der Waals surface area (Å²) in [5.41, 5.74) is 2.53. The fourth-order valence-electron chi connectivity index (χ4n) is 2.61. The molecule has 0 aliphatic rings. The van der Waals surface area contributed by atoms with Gasteiger partial charge in [-0.2, -0.15) is 0 Å². The summed E-state index contributed by atoms with van der Waals surface area (Å²) in [6, 6.07) is 20.6. The van der Waals surface area contributed by atoms with Crippen LogP contribution in [0.15, 0.2) is 66.7 Å². The topological polar surface area (TPSA) is 37.8 Å². The lowest BCUT2D eigenvalue weighted by Crippen LogP contribution is -1.99. The van der Waals surface area contributed by atoms with Gasteiger partial charge in [0.1, 0.15) is 5.82 Å². The van der Waals surface area contributed by atoms with Crippen molar-refractivity contribution in [1.29, 1.82) is 0 Å². The minimum atomic E-state index is 0. The summed E-state index contributed by atoms with van der Waals surface area (Å²) in [5, 5.41) is 5.89. The third kappa shape index (κ3) is 4.28. The van der Waals surface area contributed by atoms with Crippen molar-refractivity contribution < 1.29 is 0 Å². The van der Waals surface area contributed by atoms with Gasteiger partial charge in [-0.3, -0.25) is 0 Å². The van der Waals surface area contributed by atoms with Gasteiger partial charge < -0.3 is 5.32 Å². The van der Waals surface area contributed by atoms with Crippen LogP contribution in [0.4, 0.5) is 11.5 Å². The van der Waals surface area contributed by atoms with Crippen molar-refractivity contribution in [2.45, 2.75) is 0 Å². The Morgan fingerprint density at radius 3 is 2.22 bits per heavy atom. The number of anilines is 2. The molecule has 0 aliphatic carbocycles. The highest BCUT2D eigenvalue weighted by Gasteiger charge is 2.10. The third-order valence-corrected chi connectivity index (χ3v) is 4.88. The molecule has 0 radical (unpaired) electrons. The van der Waals surface area contributed by atoms with Gasteiger partial charge in [0.15, 0.2) is 5.82 Å². The number of nitrogens with zero attached hydrogens (tertiary/aromatic N) is 2. The van der Waals surface area contributed by atoms with Gasteiger partial charge in [-0.1, -0.05) is 46.9 Å². The Balaban J connectivity index is 0.00000210. The molecular weight excluding hydrogens is 424 g/mol. The molecule has 3 nitrogen and oxygen atoms in total. The van der Waals surface area contributed by atoms with Crippen molar-refractivity contribution in [3.63, 3.8) is 0 Å². The number of halogens is 4. The summed E-state index contributed by atoms with van der Waals surface area (Å²) in [6.07, 6.45) is 0. The van der Waals surface area contributed by atoms with Crippen molar-refractivity contribution >= 4 is 69.6 Å². The van der Waals surface area contributed by atoms with Crippen LogP contribution >= 0.6 is 47.2 Å². The van der Waals surface area contributed by atoms with Crippen molar-refractivity contribution in [2.75, 3.05) is 5.32 Å². The van der Waals surface area contributed by atoms with Gasteiger partial charge in [-0.15, -0.1) is 12.4 Å². The Morgan fingerprint density at radius 2 is 1.48 bits per heavy atom. The smallest absolute Gasteiger partial charge is 0.162 e. The molecule has 0 bridgehead atoms. The summed E-state index contributed by atoms with van der Waals surface area (Å²) in [5.74, 6) is 1.31. The second-order valence-corrected chi connectivity index (χ2v) is 6.92. The average Bonchev–Trinajstić information content (AvgIpc) is 2.65. The fraction of sp³-hybridized carbons (Fsp3) is 0. The Labute approximate surface area is 177 Å². The zero-order valence-corrected chi connectivity index (χ0v) is 16.9. The average molecular weight is 437 g/mol. The Bertz CT molecular complexity index is 1100. The van der Waals surface area contributed by atoms with Gasteiger partial charge in [0, 0.05) is 21.7 Å². The molecule has 7 heteroatoms. The van der Waals surface area contributed by atoms with E-state index in [1.807, 2.05) is 54.6 Å². The van der Waals surface area contributed by atoms with E-state index in [1.54, 1.807) is 12.1 Å². The highest BCUT2D eigenvalue weighted by Crippen LogP contribution is 2.30. The van der Waals surface area contributed by atoms with Crippen LogP contribution < -0.4 is 5.32 Å². The maximum absolute atomic E-state index is 6.12. The highest BCUT2D eigenvalue weighted by molar-refractivity contribution is 6.42. The number of aromatic nitrogens is 2. The second-order valence-electron chi connectivity index (χ2n) is 5.67. The molecule has 0 saturated heterocycles. The molecule has 1 heterocycles. The molecule has 1 aromatic heterocycles. The van der Waals surface area contributed by atoms with Crippen LogP contribution in [0.2, 0.25) is 15.1 Å². The predicted molar refractivity (Wildman–Crippen MR) is 117 cm³/mol. The first-order chi connectivity index (χ1) is 12.6. The van der Waals surface area contributed by atoms with Crippen LogP contribution in [0, 0.1) is 0 Å². The van der Waals surface area contributed by atoms with Crippen LogP contribution in [0.1, 0.15) is 0 Å². The third-order valence-electron chi connectivity index (χ3n) is 3.89. The molecule has 1 N–H and O–H groups in total.